The van der Waals surface area contributed by atoms with Crippen LogP contribution in [-0.2, 0) is 9.59 Å². The molecule has 2 heterocycles. The highest BCUT2D eigenvalue weighted by Crippen LogP contribution is 2.06. The van der Waals surface area contributed by atoms with Gasteiger partial charge in [0.1, 0.15) is 0 Å². The molecule has 0 bridgehead atoms. The highest BCUT2D eigenvalue weighted by molar-refractivity contribution is 6.06. The van der Waals surface area contributed by atoms with Gasteiger partial charge >= 0.3 is 0 Å². The van der Waals surface area contributed by atoms with Crippen molar-refractivity contribution in [1.29, 1.82) is 0 Å². The van der Waals surface area contributed by atoms with E-state index in [0.717, 1.165) is 12.0 Å². The number of carbonyl (C=O) groups is 2. The van der Waals surface area contributed by atoms with Gasteiger partial charge in [-0.15, -0.1) is 0 Å². The molecule has 2 rings (SSSR count). The van der Waals surface area contributed by atoms with Gasteiger partial charge in [0.2, 0.25) is 0 Å². The van der Waals surface area contributed by atoms with Gasteiger partial charge in [-0.25, -0.2) is 0 Å². The average molecular weight is 217 g/mol. The van der Waals surface area contributed by atoms with E-state index in [9.17, 15) is 9.59 Å². The Bertz CT molecular complexity index is 443. The smallest absolute Gasteiger partial charge is 0.253 e. The van der Waals surface area contributed by atoms with Crippen LogP contribution in [-0.4, -0.2) is 23.3 Å². The van der Waals surface area contributed by atoms with Crippen molar-refractivity contribution in [3.8, 4) is 0 Å². The number of carbonyl (C=O) groups excluding carboxylic acids is 2. The second-order valence-corrected chi connectivity index (χ2v) is 3.41. The summed E-state index contributed by atoms with van der Waals surface area (Å²) in [6, 6.07) is 1.74. The molecular weight excluding hydrogens is 206 g/mol. The Kier molecular flexibility index (Phi) is 3.00. The lowest BCUT2D eigenvalue weighted by atomic mass is 10.2. The molecule has 1 aromatic heterocycles. The standard InChI is InChI=1S/C12H11NO3/c14-11-3-1-2-7-13(11)12(15)5-4-10-6-8-16-9-10/h1,3-6,8-9H,2,7H2. The summed E-state index contributed by atoms with van der Waals surface area (Å²) in [5, 5.41) is 0. The van der Waals surface area contributed by atoms with Crippen LogP contribution >= 0.6 is 0 Å². The van der Waals surface area contributed by atoms with Gasteiger partial charge in [-0.2, -0.15) is 0 Å². The molecule has 0 unspecified atom stereocenters. The Morgan fingerprint density at radius 3 is 3.06 bits per heavy atom. The number of hydrogen-bond donors (Lipinski definition) is 0. The lowest BCUT2D eigenvalue weighted by Crippen LogP contribution is -2.37. The zero-order chi connectivity index (χ0) is 11.4. The minimum Gasteiger partial charge on any atom is -0.472 e. The highest BCUT2D eigenvalue weighted by Gasteiger charge is 2.18. The predicted molar refractivity (Wildman–Crippen MR) is 58.2 cm³/mol. The van der Waals surface area contributed by atoms with E-state index in [4.69, 9.17) is 4.42 Å². The van der Waals surface area contributed by atoms with Crippen LogP contribution < -0.4 is 0 Å². The fraction of sp³-hybridized carbons (Fsp3) is 0.167. The van der Waals surface area contributed by atoms with Crippen molar-refractivity contribution in [1.82, 2.24) is 4.90 Å². The van der Waals surface area contributed by atoms with E-state index in [1.807, 2.05) is 0 Å². The lowest BCUT2D eigenvalue weighted by molar-refractivity contribution is -0.139. The van der Waals surface area contributed by atoms with Gasteiger partial charge in [-0.05, 0) is 24.6 Å². The van der Waals surface area contributed by atoms with Crippen LogP contribution in [0, 0.1) is 0 Å². The largest absolute Gasteiger partial charge is 0.472 e. The van der Waals surface area contributed by atoms with Crippen molar-refractivity contribution in [3.05, 3.63) is 42.4 Å². The number of imide groups is 1. The van der Waals surface area contributed by atoms with Gasteiger partial charge in [-0.1, -0.05) is 6.08 Å². The fourth-order valence-electron chi connectivity index (χ4n) is 1.43. The molecular formula is C12H11NO3. The summed E-state index contributed by atoms with van der Waals surface area (Å²) in [5.41, 5.74) is 0.799. The molecule has 0 saturated carbocycles. The molecule has 4 nitrogen and oxygen atoms in total. The van der Waals surface area contributed by atoms with Crippen LogP contribution in [0.4, 0.5) is 0 Å². The van der Waals surface area contributed by atoms with Crippen LogP contribution in [0.1, 0.15) is 12.0 Å². The SMILES string of the molecule is O=C1C=CCCN1C(=O)C=Cc1ccoc1. The van der Waals surface area contributed by atoms with E-state index in [1.54, 1.807) is 18.2 Å². The summed E-state index contributed by atoms with van der Waals surface area (Å²) in [6.45, 7) is 0.448. The van der Waals surface area contributed by atoms with Gasteiger partial charge in [0.25, 0.3) is 11.8 Å². The molecule has 1 aromatic rings. The maximum absolute atomic E-state index is 11.7. The van der Waals surface area contributed by atoms with Crippen molar-refractivity contribution < 1.29 is 14.0 Å². The van der Waals surface area contributed by atoms with E-state index in [1.165, 1.54) is 29.6 Å². The number of hydrogen-bond acceptors (Lipinski definition) is 3. The molecule has 0 aliphatic carbocycles. The van der Waals surface area contributed by atoms with Crippen LogP contribution in [0.15, 0.2) is 41.2 Å². The van der Waals surface area contributed by atoms with Crippen molar-refractivity contribution >= 4 is 17.9 Å². The Hall–Kier alpha value is -2.10. The molecule has 0 saturated heterocycles. The molecule has 0 N–H and O–H groups in total. The minimum atomic E-state index is -0.296. The topological polar surface area (TPSA) is 50.5 Å². The summed E-state index contributed by atoms with van der Waals surface area (Å²) in [4.78, 5) is 24.2. The number of nitrogens with zero attached hydrogens (tertiary/aromatic N) is 1. The van der Waals surface area contributed by atoms with E-state index >= 15 is 0 Å². The Labute approximate surface area is 92.8 Å². The molecule has 2 amide bonds. The maximum atomic E-state index is 11.7. The summed E-state index contributed by atoms with van der Waals surface area (Å²) in [5.74, 6) is -0.552. The first-order chi connectivity index (χ1) is 7.77. The molecule has 4 heteroatoms. The Morgan fingerprint density at radius 1 is 1.50 bits per heavy atom. The fourth-order valence-corrected chi connectivity index (χ4v) is 1.43. The van der Waals surface area contributed by atoms with Crippen molar-refractivity contribution in [2.45, 2.75) is 6.42 Å². The molecule has 0 fully saturated rings. The van der Waals surface area contributed by atoms with E-state index < -0.39 is 0 Å². The average Bonchev–Trinajstić information content (AvgIpc) is 2.79. The van der Waals surface area contributed by atoms with E-state index in [0.29, 0.717) is 6.54 Å². The monoisotopic (exact) mass is 217 g/mol. The molecule has 82 valence electrons. The molecule has 1 aliphatic heterocycles. The third-order valence-electron chi connectivity index (χ3n) is 2.27. The summed E-state index contributed by atoms with van der Waals surface area (Å²) in [6.07, 6.45) is 9.97. The predicted octanol–water partition coefficient (Wildman–Crippen LogP) is 1.61. The Balaban J connectivity index is 2.03. The zero-order valence-corrected chi connectivity index (χ0v) is 8.63. The second kappa shape index (κ2) is 4.61. The van der Waals surface area contributed by atoms with Crippen LogP contribution in [0.2, 0.25) is 0 Å². The van der Waals surface area contributed by atoms with Crippen molar-refractivity contribution in [2.75, 3.05) is 6.54 Å². The Morgan fingerprint density at radius 2 is 2.38 bits per heavy atom. The van der Waals surface area contributed by atoms with Gasteiger partial charge in [0, 0.05) is 18.2 Å². The third-order valence-corrected chi connectivity index (χ3v) is 2.27. The second-order valence-electron chi connectivity index (χ2n) is 3.41. The molecule has 0 aromatic carbocycles. The summed E-state index contributed by atoms with van der Waals surface area (Å²) >= 11 is 0. The summed E-state index contributed by atoms with van der Waals surface area (Å²) < 4.78 is 4.86. The van der Waals surface area contributed by atoms with Crippen LogP contribution in [0.25, 0.3) is 6.08 Å². The lowest BCUT2D eigenvalue weighted by Gasteiger charge is -2.19. The molecule has 1 aliphatic rings. The van der Waals surface area contributed by atoms with Gasteiger partial charge in [0.15, 0.2) is 0 Å². The number of rotatable bonds is 2. The molecule has 0 radical (unpaired) electrons. The highest BCUT2D eigenvalue weighted by atomic mass is 16.3. The third kappa shape index (κ3) is 2.28. The molecule has 0 atom stereocenters. The van der Waals surface area contributed by atoms with Crippen molar-refractivity contribution in [3.63, 3.8) is 0 Å². The first kappa shape index (κ1) is 10.4. The number of amides is 2. The number of furan rings is 1. The zero-order valence-electron chi connectivity index (χ0n) is 8.63. The van der Waals surface area contributed by atoms with Gasteiger partial charge < -0.3 is 4.42 Å². The van der Waals surface area contributed by atoms with Crippen LogP contribution in [0.5, 0.6) is 0 Å². The molecule has 0 spiro atoms. The van der Waals surface area contributed by atoms with E-state index in [-0.39, 0.29) is 11.8 Å². The van der Waals surface area contributed by atoms with Crippen LogP contribution in [0.3, 0.4) is 0 Å². The maximum Gasteiger partial charge on any atom is 0.253 e. The normalized spacial score (nSPS) is 16.0. The first-order valence-electron chi connectivity index (χ1n) is 4.99. The van der Waals surface area contributed by atoms with E-state index in [2.05, 4.69) is 0 Å². The minimum absolute atomic E-state index is 0.256. The summed E-state index contributed by atoms with van der Waals surface area (Å²) in [7, 11) is 0. The van der Waals surface area contributed by atoms with Crippen molar-refractivity contribution in [2.24, 2.45) is 0 Å². The van der Waals surface area contributed by atoms with Gasteiger partial charge in [0.05, 0.1) is 12.5 Å². The molecule has 16 heavy (non-hydrogen) atoms. The first-order valence-corrected chi connectivity index (χ1v) is 4.99. The quantitative estimate of drug-likeness (QED) is 0.707. The van der Waals surface area contributed by atoms with Gasteiger partial charge in [-0.3, -0.25) is 14.5 Å².